The lowest BCUT2D eigenvalue weighted by atomic mass is 10.2. The summed E-state index contributed by atoms with van der Waals surface area (Å²) in [5.74, 6) is -1.25. The van der Waals surface area contributed by atoms with E-state index in [0.717, 1.165) is 21.9 Å². The van der Waals surface area contributed by atoms with Gasteiger partial charge in [0.2, 0.25) is 0 Å². The van der Waals surface area contributed by atoms with Crippen LogP contribution in [-0.2, 0) is 6.18 Å². The maximum Gasteiger partial charge on any atom is 0.419 e. The van der Waals surface area contributed by atoms with Crippen LogP contribution in [0.1, 0.15) is 5.56 Å². The third-order valence-electron chi connectivity index (χ3n) is 3.54. The molecule has 0 nitrogen and oxygen atoms in total. The van der Waals surface area contributed by atoms with E-state index in [2.05, 4.69) is 0 Å². The van der Waals surface area contributed by atoms with Crippen molar-refractivity contribution in [1.82, 2.24) is 0 Å². The Morgan fingerprint density at radius 2 is 1.12 bits per heavy atom. The van der Waals surface area contributed by atoms with Gasteiger partial charge in [0.15, 0.2) is 0 Å². The Kier molecular flexibility index (Phi) is 4.62. The Hall–Kier alpha value is -2.27. The third-order valence-corrected chi connectivity index (χ3v) is 5.97. The number of halogens is 4. The molecule has 0 saturated carbocycles. The zero-order valence-corrected chi connectivity index (χ0v) is 13.4. The maximum atomic E-state index is 13.6. The normalized spacial score (nSPS) is 12.1. The first kappa shape index (κ1) is 16.6. The molecule has 0 aliphatic heterocycles. The van der Waals surface area contributed by atoms with E-state index in [1.54, 1.807) is 0 Å². The van der Waals surface area contributed by atoms with Crippen LogP contribution in [0, 0.1) is 5.82 Å². The SMILES string of the molecule is Fc1ccc([SH](c2ccccc2)c2ccccc2)cc1C(F)(F)F. The zero-order chi connectivity index (χ0) is 17.2. The van der Waals surface area contributed by atoms with E-state index in [1.807, 2.05) is 60.7 Å². The Morgan fingerprint density at radius 3 is 1.58 bits per heavy atom. The summed E-state index contributed by atoms with van der Waals surface area (Å²) in [5, 5.41) is 0. The van der Waals surface area contributed by atoms with Gasteiger partial charge in [-0.15, -0.1) is 0 Å². The predicted molar refractivity (Wildman–Crippen MR) is 88.1 cm³/mol. The Labute approximate surface area is 140 Å². The van der Waals surface area contributed by atoms with Crippen molar-refractivity contribution in [3.63, 3.8) is 0 Å². The van der Waals surface area contributed by atoms with Gasteiger partial charge in [0.25, 0.3) is 0 Å². The van der Waals surface area contributed by atoms with Gasteiger partial charge in [-0.25, -0.2) is 4.39 Å². The molecule has 24 heavy (non-hydrogen) atoms. The van der Waals surface area contributed by atoms with Gasteiger partial charge in [-0.1, -0.05) is 36.4 Å². The Bertz CT molecular complexity index is 774. The molecule has 3 aromatic rings. The number of hydrogen-bond donors (Lipinski definition) is 1. The summed E-state index contributed by atoms with van der Waals surface area (Å²) in [4.78, 5) is 2.30. The second kappa shape index (κ2) is 6.69. The molecule has 0 radical (unpaired) electrons. The van der Waals surface area contributed by atoms with E-state index in [-0.39, 0.29) is 0 Å². The van der Waals surface area contributed by atoms with Gasteiger partial charge in [0, 0.05) is 0 Å². The van der Waals surface area contributed by atoms with Gasteiger partial charge >= 0.3 is 6.18 Å². The molecule has 3 aromatic carbocycles. The van der Waals surface area contributed by atoms with E-state index in [4.69, 9.17) is 0 Å². The van der Waals surface area contributed by atoms with E-state index in [0.29, 0.717) is 4.90 Å². The highest BCUT2D eigenvalue weighted by Crippen LogP contribution is 2.52. The molecular weight excluding hydrogens is 336 g/mol. The van der Waals surface area contributed by atoms with Gasteiger partial charge in [-0.3, -0.25) is 0 Å². The fourth-order valence-corrected chi connectivity index (χ4v) is 4.79. The first-order valence-corrected chi connectivity index (χ1v) is 8.58. The molecular formula is C19H14F4S. The van der Waals surface area contributed by atoms with Crippen LogP contribution in [-0.4, -0.2) is 0 Å². The monoisotopic (exact) mass is 350 g/mol. The van der Waals surface area contributed by atoms with Crippen molar-refractivity contribution in [3.05, 3.63) is 90.2 Å². The smallest absolute Gasteiger partial charge is 0.206 e. The molecule has 0 fully saturated rings. The quantitative estimate of drug-likeness (QED) is 0.414. The number of thiol groups is 1. The van der Waals surface area contributed by atoms with Crippen LogP contribution in [0.15, 0.2) is 93.5 Å². The van der Waals surface area contributed by atoms with Gasteiger partial charge in [-0.05, 0) is 57.2 Å². The van der Waals surface area contributed by atoms with Crippen molar-refractivity contribution in [2.45, 2.75) is 20.9 Å². The number of alkyl halides is 3. The average molecular weight is 350 g/mol. The van der Waals surface area contributed by atoms with Gasteiger partial charge in [0.05, 0.1) is 5.56 Å². The van der Waals surface area contributed by atoms with Crippen LogP contribution in [0.25, 0.3) is 0 Å². The largest absolute Gasteiger partial charge is 0.419 e. The van der Waals surface area contributed by atoms with E-state index in [1.165, 1.54) is 6.07 Å². The summed E-state index contributed by atoms with van der Waals surface area (Å²) in [6.45, 7) is 0. The van der Waals surface area contributed by atoms with Crippen LogP contribution in [0.5, 0.6) is 0 Å². The Morgan fingerprint density at radius 1 is 0.625 bits per heavy atom. The van der Waals surface area contributed by atoms with Crippen molar-refractivity contribution < 1.29 is 17.6 Å². The molecule has 0 aliphatic carbocycles. The van der Waals surface area contributed by atoms with Crippen molar-refractivity contribution in [2.24, 2.45) is 0 Å². The standard InChI is InChI=1S/C19H14F4S/c20-18-12-11-16(13-17(18)19(21,22)23)24(14-7-3-1-4-8-14)15-9-5-2-6-10-15/h1-13,24H. The molecule has 0 aliphatic rings. The molecule has 0 bridgehead atoms. The van der Waals surface area contributed by atoms with Crippen molar-refractivity contribution in [1.29, 1.82) is 0 Å². The van der Waals surface area contributed by atoms with E-state index >= 15 is 0 Å². The predicted octanol–water partition coefficient (Wildman–Crippen LogP) is 6.32. The van der Waals surface area contributed by atoms with Crippen molar-refractivity contribution in [2.75, 3.05) is 0 Å². The molecule has 0 atom stereocenters. The summed E-state index contributed by atoms with van der Waals surface area (Å²) in [7, 11) is -1.19. The minimum atomic E-state index is -4.71. The first-order chi connectivity index (χ1) is 11.5. The lowest BCUT2D eigenvalue weighted by Crippen LogP contribution is -2.08. The first-order valence-electron chi connectivity index (χ1n) is 7.24. The second-order valence-electron chi connectivity index (χ2n) is 5.17. The highest BCUT2D eigenvalue weighted by Gasteiger charge is 2.34. The lowest BCUT2D eigenvalue weighted by Gasteiger charge is -2.24. The maximum absolute atomic E-state index is 13.6. The minimum Gasteiger partial charge on any atom is -0.206 e. The van der Waals surface area contributed by atoms with Gasteiger partial charge < -0.3 is 0 Å². The van der Waals surface area contributed by atoms with Crippen LogP contribution in [0.3, 0.4) is 0 Å². The summed E-state index contributed by atoms with van der Waals surface area (Å²) in [6, 6.07) is 21.9. The molecule has 124 valence electrons. The molecule has 0 amide bonds. The lowest BCUT2D eigenvalue weighted by molar-refractivity contribution is -0.140. The molecule has 5 heteroatoms. The van der Waals surface area contributed by atoms with Crippen LogP contribution >= 0.6 is 10.9 Å². The van der Waals surface area contributed by atoms with Crippen molar-refractivity contribution in [3.8, 4) is 0 Å². The average Bonchev–Trinajstić information content (AvgIpc) is 2.57. The molecule has 0 unspecified atom stereocenters. The molecule has 0 N–H and O–H groups in total. The summed E-state index contributed by atoms with van der Waals surface area (Å²) >= 11 is 0. The fourth-order valence-electron chi connectivity index (χ4n) is 2.47. The van der Waals surface area contributed by atoms with E-state index in [9.17, 15) is 17.6 Å². The van der Waals surface area contributed by atoms with Gasteiger partial charge in [-0.2, -0.15) is 24.1 Å². The summed E-state index contributed by atoms with van der Waals surface area (Å²) in [5.41, 5.74) is -1.22. The van der Waals surface area contributed by atoms with Gasteiger partial charge in [0.1, 0.15) is 5.82 Å². The molecule has 0 saturated heterocycles. The highest BCUT2D eigenvalue weighted by atomic mass is 32.2. The van der Waals surface area contributed by atoms with Crippen LogP contribution in [0.2, 0.25) is 0 Å². The van der Waals surface area contributed by atoms with E-state index < -0.39 is 28.5 Å². The molecule has 3 rings (SSSR count). The molecule has 0 heterocycles. The topological polar surface area (TPSA) is 0 Å². The number of benzene rings is 3. The summed E-state index contributed by atoms with van der Waals surface area (Å²) in [6.07, 6.45) is -4.71. The van der Waals surface area contributed by atoms with Crippen molar-refractivity contribution >= 4 is 10.9 Å². The molecule has 0 spiro atoms. The Balaban J connectivity index is 2.17. The third kappa shape index (κ3) is 3.46. The zero-order valence-electron chi connectivity index (χ0n) is 12.5. The minimum absolute atomic E-state index is 0.469. The highest BCUT2D eigenvalue weighted by molar-refractivity contribution is 8.17. The van der Waals surface area contributed by atoms with Crippen LogP contribution in [0.4, 0.5) is 17.6 Å². The second-order valence-corrected chi connectivity index (χ2v) is 7.39. The fraction of sp³-hybridized carbons (Fsp3) is 0.0526. The number of hydrogen-bond acceptors (Lipinski definition) is 0. The molecule has 0 aromatic heterocycles. The van der Waals surface area contributed by atoms with Crippen LogP contribution < -0.4 is 0 Å². The summed E-state index contributed by atoms with van der Waals surface area (Å²) < 4.78 is 52.8. The number of rotatable bonds is 3.